The molecule has 0 aliphatic heterocycles. The highest BCUT2D eigenvalue weighted by Crippen LogP contribution is 2.30. The Labute approximate surface area is 152 Å². The summed E-state index contributed by atoms with van der Waals surface area (Å²) in [5.74, 6) is 1.02. The zero-order valence-electron chi connectivity index (χ0n) is 14.5. The van der Waals surface area contributed by atoms with E-state index in [2.05, 4.69) is 11.4 Å². The van der Waals surface area contributed by atoms with Crippen LogP contribution in [0.5, 0.6) is 11.5 Å². The summed E-state index contributed by atoms with van der Waals surface area (Å²) in [5, 5.41) is 12.2. The standard InChI is InChI=1S/C21H19N3O2/c1-2-13-23-21(25)20-16(15-22)12-14-24(20)18-10-6-7-11-19(18)26-17-8-4-3-5-9-17/h3-12,14H,2,13H2,1H3,(H,23,25). The molecule has 0 saturated carbocycles. The average molecular weight is 345 g/mol. The molecule has 1 aromatic heterocycles. The normalized spacial score (nSPS) is 10.2. The number of carbonyl (C=O) groups is 1. The molecule has 0 aliphatic carbocycles. The summed E-state index contributed by atoms with van der Waals surface area (Å²) < 4.78 is 7.68. The minimum Gasteiger partial charge on any atom is -0.455 e. The van der Waals surface area contributed by atoms with Crippen LogP contribution in [0.15, 0.2) is 66.9 Å². The number of nitriles is 1. The summed E-state index contributed by atoms with van der Waals surface area (Å²) in [6.45, 7) is 2.53. The Balaban J connectivity index is 2.04. The third kappa shape index (κ3) is 3.60. The fraction of sp³-hybridized carbons (Fsp3) is 0.143. The Kier molecular flexibility index (Phi) is 5.35. The van der Waals surface area contributed by atoms with Crippen LogP contribution in [0.2, 0.25) is 0 Å². The van der Waals surface area contributed by atoms with Crippen LogP contribution in [-0.2, 0) is 0 Å². The van der Waals surface area contributed by atoms with Crippen LogP contribution in [0.3, 0.4) is 0 Å². The largest absolute Gasteiger partial charge is 0.455 e. The van der Waals surface area contributed by atoms with E-state index in [0.29, 0.717) is 35.0 Å². The Morgan fingerprint density at radius 3 is 2.58 bits per heavy atom. The number of aromatic nitrogens is 1. The Bertz CT molecular complexity index is 939. The molecule has 0 saturated heterocycles. The highest BCUT2D eigenvalue weighted by Gasteiger charge is 2.19. The summed E-state index contributed by atoms with van der Waals surface area (Å²) in [6, 6.07) is 20.6. The predicted molar refractivity (Wildman–Crippen MR) is 99.6 cm³/mol. The first-order chi connectivity index (χ1) is 12.7. The van der Waals surface area contributed by atoms with E-state index in [0.717, 1.165) is 6.42 Å². The molecule has 3 aromatic rings. The Morgan fingerprint density at radius 1 is 1.12 bits per heavy atom. The SMILES string of the molecule is CCCNC(=O)c1c(C#N)ccn1-c1ccccc1Oc1ccccc1. The van der Waals surface area contributed by atoms with Crippen LogP contribution >= 0.6 is 0 Å². The molecule has 0 radical (unpaired) electrons. The molecule has 130 valence electrons. The van der Waals surface area contributed by atoms with Gasteiger partial charge < -0.3 is 14.6 Å². The van der Waals surface area contributed by atoms with Crippen molar-refractivity contribution in [2.45, 2.75) is 13.3 Å². The van der Waals surface area contributed by atoms with Crippen LogP contribution in [0.1, 0.15) is 29.4 Å². The molecule has 0 atom stereocenters. The van der Waals surface area contributed by atoms with Crippen molar-refractivity contribution < 1.29 is 9.53 Å². The van der Waals surface area contributed by atoms with E-state index in [4.69, 9.17) is 4.74 Å². The number of ether oxygens (including phenoxy) is 1. The maximum atomic E-state index is 12.6. The molecular weight excluding hydrogens is 326 g/mol. The summed E-state index contributed by atoms with van der Waals surface area (Å²) in [6.07, 6.45) is 2.54. The number of hydrogen-bond donors (Lipinski definition) is 1. The van der Waals surface area contributed by atoms with Crippen LogP contribution in [0.25, 0.3) is 5.69 Å². The molecule has 0 aliphatic rings. The highest BCUT2D eigenvalue weighted by molar-refractivity contribution is 5.96. The second-order valence-electron chi connectivity index (χ2n) is 5.70. The molecule has 0 bridgehead atoms. The zero-order valence-corrected chi connectivity index (χ0v) is 14.5. The molecular formula is C21H19N3O2. The molecule has 5 heteroatoms. The number of para-hydroxylation sites is 3. The van der Waals surface area contributed by atoms with Gasteiger partial charge in [0.05, 0.1) is 11.3 Å². The molecule has 1 amide bonds. The lowest BCUT2D eigenvalue weighted by molar-refractivity contribution is 0.0946. The number of benzene rings is 2. The molecule has 3 rings (SSSR count). The van der Waals surface area contributed by atoms with E-state index in [1.54, 1.807) is 16.8 Å². The van der Waals surface area contributed by atoms with Gasteiger partial charge in [0, 0.05) is 12.7 Å². The molecule has 5 nitrogen and oxygen atoms in total. The van der Waals surface area contributed by atoms with Gasteiger partial charge in [-0.1, -0.05) is 37.3 Å². The monoisotopic (exact) mass is 345 g/mol. The molecule has 1 heterocycles. The van der Waals surface area contributed by atoms with Crippen molar-refractivity contribution in [2.24, 2.45) is 0 Å². The van der Waals surface area contributed by atoms with Crippen LogP contribution in [-0.4, -0.2) is 17.0 Å². The number of amides is 1. The van der Waals surface area contributed by atoms with Crippen molar-refractivity contribution >= 4 is 5.91 Å². The number of hydrogen-bond acceptors (Lipinski definition) is 3. The van der Waals surface area contributed by atoms with Gasteiger partial charge in [-0.15, -0.1) is 0 Å². The van der Waals surface area contributed by atoms with E-state index >= 15 is 0 Å². The first-order valence-electron chi connectivity index (χ1n) is 8.46. The van der Waals surface area contributed by atoms with Gasteiger partial charge in [0.1, 0.15) is 17.5 Å². The smallest absolute Gasteiger partial charge is 0.269 e. The maximum Gasteiger partial charge on any atom is 0.269 e. The third-order valence-electron chi connectivity index (χ3n) is 3.85. The number of carbonyl (C=O) groups excluding carboxylic acids is 1. The van der Waals surface area contributed by atoms with Gasteiger partial charge in [0.15, 0.2) is 5.75 Å². The predicted octanol–water partition coefficient (Wildman–Crippen LogP) is 4.28. The topological polar surface area (TPSA) is 67.0 Å². The summed E-state index contributed by atoms with van der Waals surface area (Å²) in [7, 11) is 0. The van der Waals surface area contributed by atoms with Gasteiger partial charge in [-0.25, -0.2) is 0 Å². The van der Waals surface area contributed by atoms with E-state index in [-0.39, 0.29) is 5.91 Å². The van der Waals surface area contributed by atoms with Gasteiger partial charge in [0.25, 0.3) is 5.91 Å². The fourth-order valence-corrected chi connectivity index (χ4v) is 2.64. The van der Waals surface area contributed by atoms with Gasteiger partial charge in [-0.05, 0) is 36.8 Å². The second kappa shape index (κ2) is 8.04. The van der Waals surface area contributed by atoms with Crippen molar-refractivity contribution in [3.63, 3.8) is 0 Å². The first kappa shape index (κ1) is 17.3. The lowest BCUT2D eigenvalue weighted by Crippen LogP contribution is -2.27. The minimum atomic E-state index is -0.275. The lowest BCUT2D eigenvalue weighted by atomic mass is 10.2. The maximum absolute atomic E-state index is 12.6. The average Bonchev–Trinajstić information content (AvgIpc) is 3.11. The second-order valence-corrected chi connectivity index (χ2v) is 5.70. The first-order valence-corrected chi connectivity index (χ1v) is 8.46. The number of nitrogens with zero attached hydrogens (tertiary/aromatic N) is 2. The van der Waals surface area contributed by atoms with Crippen molar-refractivity contribution in [1.82, 2.24) is 9.88 Å². The molecule has 1 N–H and O–H groups in total. The van der Waals surface area contributed by atoms with Crippen molar-refractivity contribution in [1.29, 1.82) is 5.26 Å². The van der Waals surface area contributed by atoms with Crippen LogP contribution in [0, 0.1) is 11.3 Å². The summed E-state index contributed by atoms with van der Waals surface area (Å²) in [5.41, 5.74) is 1.33. The van der Waals surface area contributed by atoms with Crippen molar-refractivity contribution in [3.8, 4) is 23.3 Å². The van der Waals surface area contributed by atoms with Gasteiger partial charge in [-0.3, -0.25) is 4.79 Å². The van der Waals surface area contributed by atoms with E-state index in [9.17, 15) is 10.1 Å². The van der Waals surface area contributed by atoms with Crippen LogP contribution in [0.4, 0.5) is 0 Å². The molecule has 26 heavy (non-hydrogen) atoms. The fourth-order valence-electron chi connectivity index (χ4n) is 2.64. The van der Waals surface area contributed by atoms with Crippen LogP contribution < -0.4 is 10.1 Å². The van der Waals surface area contributed by atoms with Gasteiger partial charge in [0.2, 0.25) is 0 Å². The number of rotatable bonds is 6. The van der Waals surface area contributed by atoms with Gasteiger partial charge in [-0.2, -0.15) is 5.26 Å². The van der Waals surface area contributed by atoms with E-state index in [1.165, 1.54) is 0 Å². The Hall–Kier alpha value is -3.52. The quantitative estimate of drug-likeness (QED) is 0.725. The van der Waals surface area contributed by atoms with Crippen molar-refractivity contribution in [3.05, 3.63) is 78.1 Å². The molecule has 0 spiro atoms. The summed E-state index contributed by atoms with van der Waals surface area (Å²) in [4.78, 5) is 12.6. The molecule has 0 fully saturated rings. The zero-order chi connectivity index (χ0) is 18.4. The van der Waals surface area contributed by atoms with Gasteiger partial charge >= 0.3 is 0 Å². The lowest BCUT2D eigenvalue weighted by Gasteiger charge is -2.15. The molecule has 0 unspecified atom stereocenters. The number of nitrogens with one attached hydrogen (secondary N) is 1. The summed E-state index contributed by atoms with van der Waals surface area (Å²) >= 11 is 0. The van der Waals surface area contributed by atoms with E-state index < -0.39 is 0 Å². The van der Waals surface area contributed by atoms with Crippen molar-refractivity contribution in [2.75, 3.05) is 6.54 Å². The minimum absolute atomic E-state index is 0.275. The third-order valence-corrected chi connectivity index (χ3v) is 3.85. The van der Waals surface area contributed by atoms with E-state index in [1.807, 2.05) is 61.5 Å². The Morgan fingerprint density at radius 2 is 1.85 bits per heavy atom. The molecule has 2 aromatic carbocycles. The highest BCUT2D eigenvalue weighted by atomic mass is 16.5.